The minimum Gasteiger partial charge on any atom is -0.496 e. The molecule has 2 fully saturated rings. The lowest BCUT2D eigenvalue weighted by atomic mass is 9.70. The molecule has 41 heavy (non-hydrogen) atoms. The smallest absolute Gasteiger partial charge is 0.128 e. The molecule has 0 unspecified atom stereocenters. The number of rotatable bonds is 12. The van der Waals surface area contributed by atoms with Crippen LogP contribution in [0.1, 0.15) is 109 Å². The molecule has 3 aliphatic carbocycles. The van der Waals surface area contributed by atoms with E-state index in [9.17, 15) is 0 Å². The van der Waals surface area contributed by atoms with Crippen molar-refractivity contribution in [3.63, 3.8) is 0 Å². The van der Waals surface area contributed by atoms with E-state index in [1.54, 1.807) is 7.11 Å². The Morgan fingerprint density at radius 2 is 1.71 bits per heavy atom. The van der Waals surface area contributed by atoms with E-state index in [2.05, 4.69) is 89.1 Å². The molecule has 3 aliphatic rings. The van der Waals surface area contributed by atoms with Crippen LogP contribution in [0.5, 0.6) is 5.75 Å². The maximum atomic E-state index is 5.82. The number of hydrogen-bond donors (Lipinski definition) is 2. The molecule has 226 valence electrons. The van der Waals surface area contributed by atoms with Gasteiger partial charge in [0.05, 0.1) is 7.11 Å². The Bertz CT molecular complexity index is 1110. The summed E-state index contributed by atoms with van der Waals surface area (Å²) in [7, 11) is 1.76. The van der Waals surface area contributed by atoms with Crippen molar-refractivity contribution in [2.75, 3.05) is 13.7 Å². The molecule has 2 N–H and O–H groups in total. The van der Waals surface area contributed by atoms with Crippen LogP contribution in [0.25, 0.3) is 5.70 Å². The lowest BCUT2D eigenvalue weighted by Gasteiger charge is -2.35. The Balaban J connectivity index is 0.00000141. The summed E-state index contributed by atoms with van der Waals surface area (Å²) in [5.41, 5.74) is 9.18. The van der Waals surface area contributed by atoms with Crippen LogP contribution in [0.3, 0.4) is 0 Å². The molecule has 2 saturated carbocycles. The van der Waals surface area contributed by atoms with Crippen molar-refractivity contribution < 1.29 is 4.74 Å². The van der Waals surface area contributed by atoms with Crippen molar-refractivity contribution >= 4 is 5.70 Å². The second-order valence-electron chi connectivity index (χ2n) is 12.7. The van der Waals surface area contributed by atoms with Crippen LogP contribution in [0, 0.1) is 42.4 Å². The maximum Gasteiger partial charge on any atom is 0.128 e. The topological polar surface area (TPSA) is 33.3 Å². The fourth-order valence-corrected chi connectivity index (χ4v) is 6.38. The molecule has 0 saturated heterocycles. The van der Waals surface area contributed by atoms with E-state index in [0.717, 1.165) is 60.9 Å². The molecule has 0 spiro atoms. The van der Waals surface area contributed by atoms with Crippen molar-refractivity contribution in [1.29, 1.82) is 0 Å². The minimum absolute atomic E-state index is 0.314. The summed E-state index contributed by atoms with van der Waals surface area (Å²) in [5.74, 6) is 2.34. The number of nitrogens with one attached hydrogen (secondary N) is 2. The predicted octanol–water partition coefficient (Wildman–Crippen LogP) is 9.74. The highest BCUT2D eigenvalue weighted by Gasteiger charge is 2.45. The zero-order valence-corrected chi connectivity index (χ0v) is 27.3. The Kier molecular flexibility index (Phi) is 12.9. The van der Waals surface area contributed by atoms with Gasteiger partial charge in [-0.05, 0) is 123 Å². The summed E-state index contributed by atoms with van der Waals surface area (Å²) in [6.07, 6.45) is 22.2. The third kappa shape index (κ3) is 8.57. The number of allylic oxidation sites excluding steroid dienone is 3. The summed E-state index contributed by atoms with van der Waals surface area (Å²) >= 11 is 0. The zero-order valence-electron chi connectivity index (χ0n) is 27.3. The summed E-state index contributed by atoms with van der Waals surface area (Å²) in [4.78, 5) is 0. The highest BCUT2D eigenvalue weighted by atomic mass is 16.5. The van der Waals surface area contributed by atoms with Gasteiger partial charge in [0.1, 0.15) is 5.75 Å². The lowest BCUT2D eigenvalue weighted by Crippen LogP contribution is -2.28. The second-order valence-corrected chi connectivity index (χ2v) is 12.7. The number of methoxy groups -OCH3 is 1. The highest BCUT2D eigenvalue weighted by molar-refractivity contribution is 5.70. The molecule has 1 aromatic carbocycles. The van der Waals surface area contributed by atoms with Crippen LogP contribution in [-0.4, -0.2) is 13.7 Å². The Morgan fingerprint density at radius 3 is 2.24 bits per heavy atom. The van der Waals surface area contributed by atoms with Crippen molar-refractivity contribution in [2.45, 2.75) is 106 Å². The molecule has 0 radical (unpaired) electrons. The SMILES string of the molecule is C#C.C=CC1(C)CCC(Cc2cc(C(=C)NC3=C(C(=C)NCC4(C(C)C)CC4)CCC3)c(OC)cc2C)CC1.CC. The first kappa shape index (κ1) is 34.3. The zero-order chi connectivity index (χ0) is 30.8. The first-order chi connectivity index (χ1) is 19.6. The van der Waals surface area contributed by atoms with Gasteiger partial charge in [0, 0.05) is 29.2 Å². The molecule has 3 heteroatoms. The predicted molar refractivity (Wildman–Crippen MR) is 180 cm³/mol. The van der Waals surface area contributed by atoms with Gasteiger partial charge in [-0.2, -0.15) is 0 Å². The van der Waals surface area contributed by atoms with Crippen molar-refractivity contribution in [3.05, 3.63) is 71.6 Å². The van der Waals surface area contributed by atoms with Gasteiger partial charge in [-0.15, -0.1) is 19.4 Å². The molecule has 0 bridgehead atoms. The van der Waals surface area contributed by atoms with Gasteiger partial charge in [0.2, 0.25) is 0 Å². The van der Waals surface area contributed by atoms with Crippen LogP contribution in [-0.2, 0) is 6.42 Å². The quantitative estimate of drug-likeness (QED) is 0.198. The van der Waals surface area contributed by atoms with Crippen molar-refractivity contribution in [2.24, 2.45) is 22.7 Å². The summed E-state index contributed by atoms with van der Waals surface area (Å²) in [5, 5.41) is 7.39. The number of benzene rings is 1. The number of ether oxygens (including phenoxy) is 1. The number of aryl methyl sites for hydroxylation is 1. The summed E-state index contributed by atoms with van der Waals surface area (Å²) in [6, 6.07) is 4.52. The van der Waals surface area contributed by atoms with Crippen LogP contribution in [0.4, 0.5) is 0 Å². The third-order valence-corrected chi connectivity index (χ3v) is 9.89. The minimum atomic E-state index is 0.314. The van der Waals surface area contributed by atoms with Gasteiger partial charge in [-0.1, -0.05) is 53.9 Å². The van der Waals surface area contributed by atoms with E-state index in [0.29, 0.717) is 16.7 Å². The Labute approximate surface area is 253 Å². The van der Waals surface area contributed by atoms with Crippen LogP contribution >= 0.6 is 0 Å². The average Bonchev–Trinajstić information content (AvgIpc) is 3.66. The molecule has 0 atom stereocenters. The highest BCUT2D eigenvalue weighted by Crippen LogP contribution is 2.51. The maximum absolute atomic E-state index is 5.82. The van der Waals surface area contributed by atoms with E-state index in [-0.39, 0.29) is 0 Å². The van der Waals surface area contributed by atoms with Gasteiger partial charge in [-0.25, -0.2) is 0 Å². The number of hydrogen-bond acceptors (Lipinski definition) is 3. The number of terminal acetylenes is 1. The van der Waals surface area contributed by atoms with E-state index >= 15 is 0 Å². The van der Waals surface area contributed by atoms with Gasteiger partial charge >= 0.3 is 0 Å². The second kappa shape index (κ2) is 15.4. The molecular weight excluding hydrogens is 500 g/mol. The van der Waals surface area contributed by atoms with E-state index < -0.39 is 0 Å². The third-order valence-electron chi connectivity index (χ3n) is 9.89. The Morgan fingerprint density at radius 1 is 1.07 bits per heavy atom. The fourth-order valence-electron chi connectivity index (χ4n) is 6.38. The standard InChI is InChI=1S/C34H50N2O.C2H6.C2H2/c1-9-33(7)15-13-27(14-16-33)20-28-21-30(32(37-8)19-24(28)4)26(6)36-31-12-10-11-29(31)25(5)35-22-34(17-18-34)23(2)3;2*1-2/h9,19,21,23,27,35-36H,1,5-6,10-18,20,22H2,2-4,7-8H3;1-2H3;1-2H. The fraction of sp³-hybridized carbons (Fsp3) is 0.579. The normalized spacial score (nSPS) is 22.4. The molecule has 0 heterocycles. The molecule has 3 nitrogen and oxygen atoms in total. The monoisotopic (exact) mass is 558 g/mol. The van der Waals surface area contributed by atoms with Gasteiger partial charge < -0.3 is 15.4 Å². The van der Waals surface area contributed by atoms with E-state index in [1.807, 2.05) is 13.8 Å². The van der Waals surface area contributed by atoms with Crippen LogP contribution in [0.15, 0.2) is 54.9 Å². The molecule has 0 amide bonds. The van der Waals surface area contributed by atoms with E-state index in [4.69, 9.17) is 4.74 Å². The molecular formula is C38H58N2O. The first-order valence-electron chi connectivity index (χ1n) is 15.9. The van der Waals surface area contributed by atoms with E-state index in [1.165, 1.54) is 60.9 Å². The van der Waals surface area contributed by atoms with Gasteiger partial charge in [0.25, 0.3) is 0 Å². The molecule has 0 aliphatic heterocycles. The van der Waals surface area contributed by atoms with Crippen LogP contribution < -0.4 is 15.4 Å². The first-order valence-corrected chi connectivity index (χ1v) is 15.9. The Hall–Kier alpha value is -2.86. The molecule has 0 aromatic heterocycles. The van der Waals surface area contributed by atoms with Gasteiger partial charge in [0.15, 0.2) is 0 Å². The van der Waals surface area contributed by atoms with Crippen molar-refractivity contribution in [3.8, 4) is 18.6 Å². The molecule has 4 rings (SSSR count). The largest absolute Gasteiger partial charge is 0.496 e. The summed E-state index contributed by atoms with van der Waals surface area (Å²) < 4.78 is 5.82. The molecule has 1 aromatic rings. The summed E-state index contributed by atoms with van der Waals surface area (Å²) in [6.45, 7) is 27.3. The van der Waals surface area contributed by atoms with Crippen molar-refractivity contribution in [1.82, 2.24) is 10.6 Å². The lowest BCUT2D eigenvalue weighted by molar-refractivity contribution is 0.221. The average molecular weight is 559 g/mol. The van der Waals surface area contributed by atoms with Gasteiger partial charge in [-0.3, -0.25) is 0 Å². The van der Waals surface area contributed by atoms with Crippen LogP contribution in [0.2, 0.25) is 0 Å².